The average molecular weight is 445 g/mol. The highest BCUT2D eigenvalue weighted by atomic mass is 32.4. The molecule has 0 saturated carbocycles. The summed E-state index contributed by atoms with van der Waals surface area (Å²) in [5.74, 6) is 0.610. The molecule has 0 spiro atoms. The van der Waals surface area contributed by atoms with Crippen molar-refractivity contribution in [2.24, 2.45) is 0 Å². The summed E-state index contributed by atoms with van der Waals surface area (Å²) < 4.78 is 35.1. The molecular weight excluding hydrogens is 420 g/mol. The van der Waals surface area contributed by atoms with E-state index in [9.17, 15) is 8.42 Å². The van der Waals surface area contributed by atoms with Crippen LogP contribution in [0.4, 0.5) is 0 Å². The molecule has 0 unspecified atom stereocenters. The number of rotatable bonds is 2. The van der Waals surface area contributed by atoms with Gasteiger partial charge in [0.1, 0.15) is 5.76 Å². The van der Waals surface area contributed by atoms with Gasteiger partial charge >= 0.3 is 0 Å². The lowest BCUT2D eigenvalue weighted by Crippen LogP contribution is -2.73. The van der Waals surface area contributed by atoms with Crippen LogP contribution in [0.3, 0.4) is 0 Å². The zero-order valence-corrected chi connectivity index (χ0v) is 19.9. The molecule has 3 aromatic carbocycles. The van der Waals surface area contributed by atoms with Gasteiger partial charge in [0, 0.05) is 5.56 Å². The highest BCUT2D eigenvalue weighted by Crippen LogP contribution is 2.40. The van der Waals surface area contributed by atoms with Crippen molar-refractivity contribution in [3.63, 3.8) is 0 Å². The summed E-state index contributed by atoms with van der Waals surface area (Å²) >= 11 is 0. The van der Waals surface area contributed by atoms with Crippen LogP contribution in [0.15, 0.2) is 82.3 Å². The van der Waals surface area contributed by atoms with Gasteiger partial charge in [-0.15, -0.1) is 0 Å². The Bertz CT molecular complexity index is 1400. The van der Waals surface area contributed by atoms with Gasteiger partial charge in [0.15, 0.2) is 9.29 Å². The van der Waals surface area contributed by atoms with Gasteiger partial charge in [0.2, 0.25) is 5.09 Å². The Morgan fingerprint density at radius 2 is 1.26 bits per heavy atom. The molecule has 0 aliphatic carbocycles. The standard InChI is InChI=1S/C26H24O3SSi/c1-17-7-5-9-21(13-17)31(22-10-6-8-18(2)14-22)25-15-19(3)11-12-23(25)24-16-20(4)29-26(24)30(31,27)28/h5-16H,1-4H3. The second-order valence-corrected chi connectivity index (χ2v) is 16.4. The maximum Gasteiger partial charge on any atom is 0.297 e. The first-order valence-electron chi connectivity index (χ1n) is 10.4. The monoisotopic (exact) mass is 444 g/mol. The molecule has 2 heterocycles. The van der Waals surface area contributed by atoms with Crippen LogP contribution in [-0.2, 0) is 9.29 Å². The zero-order valence-electron chi connectivity index (χ0n) is 18.1. The second kappa shape index (κ2) is 6.80. The van der Waals surface area contributed by atoms with E-state index in [1.807, 2.05) is 82.3 Å². The molecule has 5 rings (SSSR count). The van der Waals surface area contributed by atoms with Gasteiger partial charge in [-0.3, -0.25) is 0 Å². The molecule has 0 atom stereocenters. The van der Waals surface area contributed by atoms with Crippen LogP contribution in [-0.4, -0.2) is 15.6 Å². The van der Waals surface area contributed by atoms with Crippen LogP contribution in [0.25, 0.3) is 11.1 Å². The normalized spacial score (nSPS) is 15.9. The first-order valence-corrected chi connectivity index (χ1v) is 14.6. The van der Waals surface area contributed by atoms with Crippen molar-refractivity contribution >= 4 is 32.1 Å². The minimum absolute atomic E-state index is 0.107. The maximum atomic E-state index is 14.6. The van der Waals surface area contributed by atoms with Crippen LogP contribution in [0.5, 0.6) is 0 Å². The van der Waals surface area contributed by atoms with Gasteiger partial charge in [0.05, 0.1) is 0 Å². The molecule has 0 radical (unpaired) electrons. The number of hydrogen-bond donors (Lipinski definition) is 0. The maximum absolute atomic E-state index is 14.6. The Balaban J connectivity index is 2.05. The predicted octanol–water partition coefficient (Wildman–Crippen LogP) is 3.93. The molecule has 0 N–H and O–H groups in total. The lowest BCUT2D eigenvalue weighted by atomic mass is 10.1. The summed E-state index contributed by atoms with van der Waals surface area (Å²) in [6.07, 6.45) is 0. The fourth-order valence-corrected chi connectivity index (χ4v) is 15.5. The van der Waals surface area contributed by atoms with Crippen LogP contribution in [0, 0.1) is 27.7 Å². The van der Waals surface area contributed by atoms with E-state index in [2.05, 4.69) is 18.2 Å². The van der Waals surface area contributed by atoms with Crippen LogP contribution >= 0.6 is 0 Å². The Morgan fingerprint density at radius 3 is 1.84 bits per heavy atom. The quantitative estimate of drug-likeness (QED) is 0.440. The van der Waals surface area contributed by atoms with E-state index in [1.165, 1.54) is 0 Å². The smallest absolute Gasteiger partial charge is 0.297 e. The Hall–Kier alpha value is -2.89. The molecule has 0 bridgehead atoms. The number of benzene rings is 3. The highest BCUT2D eigenvalue weighted by molar-refractivity contribution is 8.26. The highest BCUT2D eigenvalue weighted by Gasteiger charge is 2.59. The Labute approximate surface area is 184 Å². The van der Waals surface area contributed by atoms with Gasteiger partial charge in [-0.05, 0) is 54.9 Å². The molecule has 5 heteroatoms. The van der Waals surface area contributed by atoms with Gasteiger partial charge < -0.3 is 4.42 Å². The van der Waals surface area contributed by atoms with Crippen molar-refractivity contribution in [1.29, 1.82) is 0 Å². The zero-order chi connectivity index (χ0) is 22.0. The van der Waals surface area contributed by atoms with E-state index in [0.29, 0.717) is 11.3 Å². The third-order valence-electron chi connectivity index (χ3n) is 6.16. The minimum Gasteiger partial charge on any atom is -0.450 e. The number of furan rings is 1. The summed E-state index contributed by atoms with van der Waals surface area (Å²) in [6.45, 7) is 7.85. The molecule has 156 valence electrons. The fraction of sp³-hybridized carbons (Fsp3) is 0.154. The molecule has 3 nitrogen and oxygen atoms in total. The van der Waals surface area contributed by atoms with E-state index in [0.717, 1.165) is 37.8 Å². The van der Waals surface area contributed by atoms with Crippen molar-refractivity contribution in [3.05, 3.63) is 95.2 Å². The van der Waals surface area contributed by atoms with Crippen LogP contribution in [0.1, 0.15) is 22.5 Å². The molecular formula is C26H24O3SSi. The van der Waals surface area contributed by atoms with Gasteiger partial charge in [-0.1, -0.05) is 83.4 Å². The molecule has 0 fully saturated rings. The Kier molecular flexibility index (Phi) is 4.40. The summed E-state index contributed by atoms with van der Waals surface area (Å²) in [6, 6.07) is 24.0. The summed E-state index contributed by atoms with van der Waals surface area (Å²) in [5.41, 5.74) is 4.78. The van der Waals surface area contributed by atoms with E-state index in [1.54, 1.807) is 0 Å². The van der Waals surface area contributed by atoms with Crippen LogP contribution < -0.4 is 15.6 Å². The fourth-order valence-electron chi connectivity index (χ4n) is 4.86. The van der Waals surface area contributed by atoms with Gasteiger partial charge in [0.25, 0.3) is 7.22 Å². The molecule has 1 aliphatic heterocycles. The SMILES string of the molecule is Cc1cccc([Si]2(c3cccc(C)c3)c3cc(C)ccc3-c3cc(C)oc3S2(=O)=O)c1. The molecule has 0 amide bonds. The molecule has 1 aliphatic rings. The number of fused-ring (bicyclic) bond motifs is 3. The third kappa shape index (κ3) is 2.73. The Morgan fingerprint density at radius 1 is 0.677 bits per heavy atom. The number of aryl methyl sites for hydroxylation is 4. The predicted molar refractivity (Wildman–Crippen MR) is 128 cm³/mol. The number of hydrogen-bond acceptors (Lipinski definition) is 3. The lowest BCUT2D eigenvalue weighted by Gasteiger charge is -2.36. The third-order valence-corrected chi connectivity index (χ3v) is 16.2. The minimum atomic E-state index is -3.82. The van der Waals surface area contributed by atoms with Crippen molar-refractivity contribution in [3.8, 4) is 11.1 Å². The summed E-state index contributed by atoms with van der Waals surface area (Å²) in [5, 5.41) is 2.75. The van der Waals surface area contributed by atoms with Gasteiger partial charge in [-0.25, -0.2) is 8.42 Å². The van der Waals surface area contributed by atoms with E-state index in [4.69, 9.17) is 4.42 Å². The van der Waals surface area contributed by atoms with Crippen molar-refractivity contribution < 1.29 is 12.8 Å². The topological polar surface area (TPSA) is 47.3 Å². The van der Waals surface area contributed by atoms with Gasteiger partial charge in [-0.2, -0.15) is 0 Å². The molecule has 1 aromatic heterocycles. The van der Waals surface area contributed by atoms with E-state index >= 15 is 0 Å². The summed E-state index contributed by atoms with van der Waals surface area (Å²) in [7, 11) is -7.36. The largest absolute Gasteiger partial charge is 0.450 e. The lowest BCUT2D eigenvalue weighted by molar-refractivity contribution is 0.433. The average Bonchev–Trinajstić information content (AvgIpc) is 3.11. The first kappa shape index (κ1) is 20.0. The molecule has 31 heavy (non-hydrogen) atoms. The van der Waals surface area contributed by atoms with Crippen molar-refractivity contribution in [2.75, 3.05) is 0 Å². The first-order chi connectivity index (χ1) is 14.7. The van der Waals surface area contributed by atoms with E-state index < -0.39 is 16.5 Å². The van der Waals surface area contributed by atoms with Crippen molar-refractivity contribution in [2.45, 2.75) is 32.8 Å². The summed E-state index contributed by atoms with van der Waals surface area (Å²) in [4.78, 5) is 0. The van der Waals surface area contributed by atoms with Crippen LogP contribution in [0.2, 0.25) is 0 Å². The molecule has 0 saturated heterocycles. The molecule has 4 aromatic rings. The van der Waals surface area contributed by atoms with E-state index in [-0.39, 0.29) is 5.09 Å². The second-order valence-electron chi connectivity index (χ2n) is 8.53. The van der Waals surface area contributed by atoms with Crippen molar-refractivity contribution in [1.82, 2.24) is 0 Å².